The van der Waals surface area contributed by atoms with Gasteiger partial charge in [0.2, 0.25) is 5.91 Å². The number of hydrogen-bond donors (Lipinski definition) is 3. The molecule has 5 heteroatoms. The van der Waals surface area contributed by atoms with E-state index in [0.717, 1.165) is 25.9 Å². The highest BCUT2D eigenvalue weighted by molar-refractivity contribution is 5.99. The number of primary amides is 1. The smallest absolute Gasteiger partial charge is 0.251 e. The highest BCUT2D eigenvalue weighted by Crippen LogP contribution is 2.18. The van der Waals surface area contributed by atoms with E-state index in [1.54, 1.807) is 18.2 Å². The van der Waals surface area contributed by atoms with E-state index >= 15 is 0 Å². The average Bonchev–Trinajstić information content (AvgIpc) is 2.39. The zero-order valence-electron chi connectivity index (χ0n) is 11.0. The molecule has 1 aliphatic heterocycles. The lowest BCUT2D eigenvalue weighted by Crippen LogP contribution is -2.52. The lowest BCUT2D eigenvalue weighted by atomic mass is 9.90. The second-order valence-corrected chi connectivity index (χ2v) is 5.21. The number of hydrogen-bond acceptors (Lipinski definition) is 3. The summed E-state index contributed by atoms with van der Waals surface area (Å²) >= 11 is 0. The van der Waals surface area contributed by atoms with Crippen molar-refractivity contribution in [1.82, 2.24) is 10.6 Å². The van der Waals surface area contributed by atoms with E-state index < -0.39 is 5.91 Å². The fourth-order valence-corrected chi connectivity index (χ4v) is 2.26. The molecule has 0 aromatic heterocycles. The van der Waals surface area contributed by atoms with Gasteiger partial charge < -0.3 is 16.4 Å². The van der Waals surface area contributed by atoms with Gasteiger partial charge in [-0.1, -0.05) is 6.07 Å². The van der Waals surface area contributed by atoms with Crippen molar-refractivity contribution in [3.63, 3.8) is 0 Å². The van der Waals surface area contributed by atoms with Crippen LogP contribution in [0.25, 0.3) is 0 Å². The summed E-state index contributed by atoms with van der Waals surface area (Å²) in [6, 6.07) is 6.49. The van der Waals surface area contributed by atoms with Gasteiger partial charge in [-0.3, -0.25) is 9.59 Å². The zero-order valence-corrected chi connectivity index (χ0v) is 11.0. The van der Waals surface area contributed by atoms with Gasteiger partial charge in [0, 0.05) is 16.7 Å². The van der Waals surface area contributed by atoms with Crippen molar-refractivity contribution in [2.45, 2.75) is 25.3 Å². The van der Waals surface area contributed by atoms with Crippen molar-refractivity contribution >= 4 is 11.8 Å². The van der Waals surface area contributed by atoms with Gasteiger partial charge in [0.1, 0.15) is 0 Å². The van der Waals surface area contributed by atoms with Crippen LogP contribution in [0.2, 0.25) is 0 Å². The van der Waals surface area contributed by atoms with Gasteiger partial charge in [0.25, 0.3) is 5.91 Å². The van der Waals surface area contributed by atoms with E-state index in [4.69, 9.17) is 5.73 Å². The van der Waals surface area contributed by atoms with E-state index in [9.17, 15) is 9.59 Å². The minimum absolute atomic E-state index is 0.160. The second-order valence-electron chi connectivity index (χ2n) is 5.21. The van der Waals surface area contributed by atoms with E-state index in [2.05, 4.69) is 10.6 Å². The van der Waals surface area contributed by atoms with E-state index in [0.29, 0.717) is 11.1 Å². The first-order chi connectivity index (χ1) is 9.00. The maximum atomic E-state index is 12.2. The molecule has 0 radical (unpaired) electrons. The number of carbonyl (C=O) groups excluding carboxylic acids is 2. The van der Waals surface area contributed by atoms with Crippen LogP contribution >= 0.6 is 0 Å². The van der Waals surface area contributed by atoms with Crippen LogP contribution in [0.5, 0.6) is 0 Å². The van der Waals surface area contributed by atoms with Gasteiger partial charge in [-0.25, -0.2) is 0 Å². The van der Waals surface area contributed by atoms with Crippen LogP contribution in [-0.2, 0) is 0 Å². The predicted molar refractivity (Wildman–Crippen MR) is 72.9 cm³/mol. The van der Waals surface area contributed by atoms with E-state index in [1.807, 2.05) is 6.92 Å². The Morgan fingerprint density at radius 2 is 1.89 bits per heavy atom. The highest BCUT2D eigenvalue weighted by Gasteiger charge is 2.28. The number of benzene rings is 1. The van der Waals surface area contributed by atoms with Crippen molar-refractivity contribution in [2.24, 2.45) is 5.73 Å². The quantitative estimate of drug-likeness (QED) is 0.747. The molecule has 0 saturated carbocycles. The molecule has 0 atom stereocenters. The monoisotopic (exact) mass is 261 g/mol. The summed E-state index contributed by atoms with van der Waals surface area (Å²) in [5.74, 6) is -0.685. The summed E-state index contributed by atoms with van der Waals surface area (Å²) in [6.07, 6.45) is 1.79. The van der Waals surface area contributed by atoms with Crippen LogP contribution < -0.4 is 16.4 Å². The van der Waals surface area contributed by atoms with Crippen molar-refractivity contribution < 1.29 is 9.59 Å². The minimum atomic E-state index is -0.525. The topological polar surface area (TPSA) is 84.2 Å². The molecule has 0 spiro atoms. The molecule has 1 fully saturated rings. The number of nitrogens with one attached hydrogen (secondary N) is 2. The van der Waals surface area contributed by atoms with Crippen LogP contribution in [0, 0.1) is 0 Å². The summed E-state index contributed by atoms with van der Waals surface area (Å²) in [4.78, 5) is 23.3. The molecule has 0 aliphatic carbocycles. The number of rotatable bonds is 3. The lowest BCUT2D eigenvalue weighted by Gasteiger charge is -2.35. The first kappa shape index (κ1) is 13.5. The molecule has 0 bridgehead atoms. The number of piperidine rings is 1. The molecule has 102 valence electrons. The Kier molecular flexibility index (Phi) is 3.85. The summed E-state index contributed by atoms with van der Waals surface area (Å²) in [6.45, 7) is 3.85. The predicted octanol–water partition coefficient (Wildman–Crippen LogP) is 0.657. The Morgan fingerprint density at radius 1 is 1.26 bits per heavy atom. The number of nitrogens with two attached hydrogens (primary N) is 1. The number of carbonyl (C=O) groups is 2. The third-order valence-electron chi connectivity index (χ3n) is 3.53. The first-order valence-corrected chi connectivity index (χ1v) is 6.43. The Labute approximate surface area is 112 Å². The zero-order chi connectivity index (χ0) is 13.9. The van der Waals surface area contributed by atoms with Crippen molar-refractivity contribution in [1.29, 1.82) is 0 Å². The fraction of sp³-hybridized carbons (Fsp3) is 0.429. The summed E-state index contributed by atoms with van der Waals surface area (Å²) in [7, 11) is 0. The van der Waals surface area contributed by atoms with Gasteiger partial charge >= 0.3 is 0 Å². The van der Waals surface area contributed by atoms with Crippen molar-refractivity contribution in [3.8, 4) is 0 Å². The Morgan fingerprint density at radius 3 is 2.53 bits per heavy atom. The van der Waals surface area contributed by atoms with E-state index in [-0.39, 0.29) is 11.4 Å². The molecule has 2 amide bonds. The minimum Gasteiger partial charge on any atom is -0.366 e. The van der Waals surface area contributed by atoms with Gasteiger partial charge in [-0.2, -0.15) is 0 Å². The van der Waals surface area contributed by atoms with Crippen LogP contribution in [0.15, 0.2) is 24.3 Å². The van der Waals surface area contributed by atoms with Gasteiger partial charge in [0.15, 0.2) is 0 Å². The molecule has 5 nitrogen and oxygen atoms in total. The van der Waals surface area contributed by atoms with Crippen LogP contribution in [-0.4, -0.2) is 30.4 Å². The summed E-state index contributed by atoms with van der Waals surface area (Å²) in [5, 5.41) is 6.31. The summed E-state index contributed by atoms with van der Waals surface area (Å²) < 4.78 is 0. The standard InChI is InChI=1S/C14H19N3O2/c1-14(5-7-16-8-6-14)17-13(19)11-4-2-3-10(9-11)12(15)18/h2-4,9,16H,5-8H2,1H3,(H2,15,18)(H,17,19). The Balaban J connectivity index is 2.11. The normalized spacial score (nSPS) is 17.7. The van der Waals surface area contributed by atoms with Gasteiger partial charge in [0.05, 0.1) is 0 Å². The average molecular weight is 261 g/mol. The van der Waals surface area contributed by atoms with Crippen LogP contribution in [0.4, 0.5) is 0 Å². The molecule has 19 heavy (non-hydrogen) atoms. The molecule has 2 rings (SSSR count). The summed E-state index contributed by atoms with van der Waals surface area (Å²) in [5.41, 5.74) is 5.84. The maximum absolute atomic E-state index is 12.2. The maximum Gasteiger partial charge on any atom is 0.251 e. The third-order valence-corrected chi connectivity index (χ3v) is 3.53. The first-order valence-electron chi connectivity index (χ1n) is 6.43. The van der Waals surface area contributed by atoms with Gasteiger partial charge in [-0.15, -0.1) is 0 Å². The second kappa shape index (κ2) is 5.40. The molecule has 1 aliphatic rings. The van der Waals surface area contributed by atoms with Gasteiger partial charge in [-0.05, 0) is 51.1 Å². The SMILES string of the molecule is CC1(NC(=O)c2cccc(C(N)=O)c2)CCNCC1. The molecule has 1 aromatic carbocycles. The Hall–Kier alpha value is -1.88. The number of amides is 2. The lowest BCUT2D eigenvalue weighted by molar-refractivity contribution is 0.0887. The Bertz CT molecular complexity index is 493. The molecule has 0 unspecified atom stereocenters. The molecule has 1 saturated heterocycles. The van der Waals surface area contributed by atoms with Crippen molar-refractivity contribution in [3.05, 3.63) is 35.4 Å². The highest BCUT2D eigenvalue weighted by atomic mass is 16.2. The molecule has 4 N–H and O–H groups in total. The van der Waals surface area contributed by atoms with Crippen LogP contribution in [0.1, 0.15) is 40.5 Å². The van der Waals surface area contributed by atoms with Crippen LogP contribution in [0.3, 0.4) is 0 Å². The molecular weight excluding hydrogens is 242 g/mol. The molecule has 1 heterocycles. The largest absolute Gasteiger partial charge is 0.366 e. The molecule has 1 aromatic rings. The third kappa shape index (κ3) is 3.32. The van der Waals surface area contributed by atoms with Crippen molar-refractivity contribution in [2.75, 3.05) is 13.1 Å². The van der Waals surface area contributed by atoms with E-state index in [1.165, 1.54) is 6.07 Å². The fourth-order valence-electron chi connectivity index (χ4n) is 2.26. The molecular formula is C14H19N3O2.